The molecule has 1 saturated heterocycles. The fourth-order valence-corrected chi connectivity index (χ4v) is 4.60. The van der Waals surface area contributed by atoms with Gasteiger partial charge in [0.05, 0.1) is 11.6 Å². The lowest BCUT2D eigenvalue weighted by Crippen LogP contribution is -2.44. The van der Waals surface area contributed by atoms with Gasteiger partial charge in [-0.25, -0.2) is 13.9 Å². The van der Waals surface area contributed by atoms with Crippen molar-refractivity contribution in [3.63, 3.8) is 0 Å². The zero-order valence-electron chi connectivity index (χ0n) is 15.1. The Morgan fingerprint density at radius 1 is 1.41 bits per heavy atom. The van der Waals surface area contributed by atoms with Gasteiger partial charge in [-0.1, -0.05) is 22.0 Å². The van der Waals surface area contributed by atoms with Crippen molar-refractivity contribution in [1.29, 1.82) is 0 Å². The highest BCUT2D eigenvalue weighted by Gasteiger charge is 2.65. The standard InChI is InChI=1S/C19H17BrF3N3O3/c20-11-1-2-12(14(21)6-11)13-7-19(13)3-4-25(17(19)29)15(16(27)28)5-10-8-24-26(9-10)18(22)23/h1-2,6,8-9,13,15,18H,3-5,7H2,(H,27,28)/t13-,15-,19+/m1/s1. The van der Waals surface area contributed by atoms with Crippen LogP contribution in [0.15, 0.2) is 35.1 Å². The Morgan fingerprint density at radius 2 is 2.17 bits per heavy atom. The molecule has 10 heteroatoms. The van der Waals surface area contributed by atoms with E-state index in [0.717, 1.165) is 6.20 Å². The first-order valence-corrected chi connectivity index (χ1v) is 9.82. The lowest BCUT2D eigenvalue weighted by molar-refractivity contribution is -0.149. The maximum atomic E-state index is 14.3. The van der Waals surface area contributed by atoms with E-state index in [1.54, 1.807) is 12.1 Å². The van der Waals surface area contributed by atoms with Crippen LogP contribution in [-0.2, 0) is 16.0 Å². The molecule has 2 aliphatic rings. The van der Waals surface area contributed by atoms with Gasteiger partial charge in [0.25, 0.3) is 0 Å². The summed E-state index contributed by atoms with van der Waals surface area (Å²) in [6.07, 6.45) is 3.04. The van der Waals surface area contributed by atoms with Gasteiger partial charge in [-0.15, -0.1) is 0 Å². The predicted octanol–water partition coefficient (Wildman–Crippen LogP) is 3.58. The fraction of sp³-hybridized carbons (Fsp3) is 0.421. The van der Waals surface area contributed by atoms with Gasteiger partial charge in [0.2, 0.25) is 5.91 Å². The number of halogens is 4. The number of hydrogen-bond acceptors (Lipinski definition) is 3. The van der Waals surface area contributed by atoms with Crippen LogP contribution in [0.2, 0.25) is 0 Å². The van der Waals surface area contributed by atoms with Crippen LogP contribution in [0.1, 0.15) is 36.4 Å². The van der Waals surface area contributed by atoms with Gasteiger partial charge < -0.3 is 10.0 Å². The Morgan fingerprint density at radius 3 is 2.79 bits per heavy atom. The first kappa shape index (κ1) is 19.9. The minimum Gasteiger partial charge on any atom is -0.480 e. The molecule has 1 aliphatic carbocycles. The van der Waals surface area contributed by atoms with E-state index in [-0.39, 0.29) is 24.8 Å². The van der Waals surface area contributed by atoms with Crippen LogP contribution in [0.5, 0.6) is 0 Å². The molecule has 29 heavy (non-hydrogen) atoms. The largest absolute Gasteiger partial charge is 0.480 e. The number of rotatable bonds is 6. The minimum absolute atomic E-state index is 0.124. The van der Waals surface area contributed by atoms with Crippen LogP contribution < -0.4 is 0 Å². The second-order valence-electron chi connectivity index (χ2n) is 7.49. The van der Waals surface area contributed by atoms with Gasteiger partial charge >= 0.3 is 12.5 Å². The third-order valence-corrected chi connectivity index (χ3v) is 6.34. The Bertz CT molecular complexity index is 983. The highest BCUT2D eigenvalue weighted by atomic mass is 79.9. The van der Waals surface area contributed by atoms with E-state index in [2.05, 4.69) is 21.0 Å². The zero-order chi connectivity index (χ0) is 20.9. The predicted molar refractivity (Wildman–Crippen MR) is 98.8 cm³/mol. The molecule has 6 nitrogen and oxygen atoms in total. The van der Waals surface area contributed by atoms with Crippen LogP contribution in [-0.4, -0.2) is 44.3 Å². The first-order chi connectivity index (χ1) is 13.7. The quantitative estimate of drug-likeness (QED) is 0.698. The molecule has 1 aromatic carbocycles. The van der Waals surface area contributed by atoms with Gasteiger partial charge in [-0.05, 0) is 36.1 Å². The van der Waals surface area contributed by atoms with Gasteiger partial charge in [0, 0.05) is 29.6 Å². The molecular weight excluding hydrogens is 455 g/mol. The molecule has 1 aromatic heterocycles. The zero-order valence-corrected chi connectivity index (χ0v) is 16.7. The summed E-state index contributed by atoms with van der Waals surface area (Å²) in [5.41, 5.74) is -0.0264. The maximum absolute atomic E-state index is 14.3. The van der Waals surface area contributed by atoms with Crippen LogP contribution >= 0.6 is 15.9 Å². The number of carboxylic acid groups (broad SMARTS) is 1. The van der Waals surface area contributed by atoms with E-state index in [4.69, 9.17) is 0 Å². The molecule has 2 aromatic rings. The monoisotopic (exact) mass is 471 g/mol. The minimum atomic E-state index is -2.82. The molecule has 1 amide bonds. The number of aromatic nitrogens is 2. The Kier molecular flexibility index (Phi) is 4.92. The second kappa shape index (κ2) is 7.16. The van der Waals surface area contributed by atoms with Crippen molar-refractivity contribution in [2.75, 3.05) is 6.54 Å². The third-order valence-electron chi connectivity index (χ3n) is 5.84. The normalized spacial score (nSPS) is 24.5. The van der Waals surface area contributed by atoms with E-state index in [0.29, 0.717) is 33.1 Å². The second-order valence-corrected chi connectivity index (χ2v) is 8.41. The maximum Gasteiger partial charge on any atom is 0.333 e. The Hall–Kier alpha value is -2.36. The van der Waals surface area contributed by atoms with Gasteiger partial charge in [-0.3, -0.25) is 4.79 Å². The number of aliphatic carboxylic acids is 1. The number of alkyl halides is 2. The number of nitrogens with zero attached hydrogens (tertiary/aromatic N) is 3. The van der Waals surface area contributed by atoms with Crippen LogP contribution in [0.25, 0.3) is 0 Å². The Labute approximate surface area is 172 Å². The molecule has 1 spiro atoms. The van der Waals surface area contributed by atoms with Crippen LogP contribution in [0.4, 0.5) is 13.2 Å². The summed E-state index contributed by atoms with van der Waals surface area (Å²) >= 11 is 3.21. The molecule has 0 unspecified atom stereocenters. The van der Waals surface area contributed by atoms with Crippen molar-refractivity contribution < 1.29 is 27.9 Å². The summed E-state index contributed by atoms with van der Waals surface area (Å²) in [5, 5.41) is 13.2. The number of carboxylic acids is 1. The SMILES string of the molecule is O=C(O)[C@@H](Cc1cnn(C(F)F)c1)N1CC[C@@]2(C[C@@H]2c2ccc(Br)cc2F)C1=O. The van der Waals surface area contributed by atoms with Crippen molar-refractivity contribution >= 4 is 27.8 Å². The van der Waals surface area contributed by atoms with Crippen molar-refractivity contribution in [3.8, 4) is 0 Å². The van der Waals surface area contributed by atoms with E-state index >= 15 is 0 Å². The lowest BCUT2D eigenvalue weighted by Gasteiger charge is -2.24. The van der Waals surface area contributed by atoms with E-state index < -0.39 is 29.8 Å². The summed E-state index contributed by atoms with van der Waals surface area (Å²) in [7, 11) is 0. The molecular formula is C19H17BrF3N3O3. The van der Waals surface area contributed by atoms with Crippen LogP contribution in [0.3, 0.4) is 0 Å². The van der Waals surface area contributed by atoms with E-state index in [1.807, 2.05) is 0 Å². The average molecular weight is 472 g/mol. The lowest BCUT2D eigenvalue weighted by atomic mass is 9.97. The highest BCUT2D eigenvalue weighted by molar-refractivity contribution is 9.10. The molecule has 2 fully saturated rings. The van der Waals surface area contributed by atoms with Crippen molar-refractivity contribution in [2.45, 2.75) is 37.8 Å². The molecule has 0 bridgehead atoms. The number of amides is 1. The highest BCUT2D eigenvalue weighted by Crippen LogP contribution is 2.65. The van der Waals surface area contributed by atoms with E-state index in [1.165, 1.54) is 17.2 Å². The number of benzene rings is 1. The molecule has 4 rings (SSSR count). The Balaban J connectivity index is 1.53. The fourth-order valence-electron chi connectivity index (χ4n) is 4.27. The summed E-state index contributed by atoms with van der Waals surface area (Å²) in [6, 6.07) is 3.51. The van der Waals surface area contributed by atoms with Gasteiger partial charge in [0.1, 0.15) is 11.9 Å². The smallest absolute Gasteiger partial charge is 0.333 e. The third kappa shape index (κ3) is 3.43. The topological polar surface area (TPSA) is 75.4 Å². The molecule has 1 N–H and O–H groups in total. The molecule has 1 saturated carbocycles. The summed E-state index contributed by atoms with van der Waals surface area (Å²) in [6.45, 7) is -2.59. The van der Waals surface area contributed by atoms with Gasteiger partial charge in [-0.2, -0.15) is 13.9 Å². The number of likely N-dealkylation sites (tertiary alicyclic amines) is 1. The molecule has 1 aliphatic heterocycles. The van der Waals surface area contributed by atoms with Gasteiger partial charge in [0.15, 0.2) is 0 Å². The van der Waals surface area contributed by atoms with Crippen LogP contribution in [0, 0.1) is 11.2 Å². The summed E-state index contributed by atoms with van der Waals surface area (Å²) < 4.78 is 40.8. The van der Waals surface area contributed by atoms with E-state index in [9.17, 15) is 27.9 Å². The van der Waals surface area contributed by atoms with Crippen molar-refractivity contribution in [1.82, 2.24) is 14.7 Å². The number of carbonyl (C=O) groups is 2. The first-order valence-electron chi connectivity index (χ1n) is 9.03. The summed E-state index contributed by atoms with van der Waals surface area (Å²) in [5.74, 6) is -2.23. The molecule has 154 valence electrons. The molecule has 2 heterocycles. The number of hydrogen-bond donors (Lipinski definition) is 1. The average Bonchev–Trinajstić information content (AvgIpc) is 3.01. The molecule has 0 radical (unpaired) electrons. The van der Waals surface area contributed by atoms with Crippen molar-refractivity contribution in [3.05, 3.63) is 52.0 Å². The van der Waals surface area contributed by atoms with Crippen molar-refractivity contribution in [2.24, 2.45) is 5.41 Å². The molecule has 3 atom stereocenters. The number of carbonyl (C=O) groups excluding carboxylic acids is 1. The summed E-state index contributed by atoms with van der Waals surface area (Å²) in [4.78, 5) is 26.2.